The molecule has 23 heavy (non-hydrogen) atoms. The minimum Gasteiger partial charge on any atom is -0.478 e. The van der Waals surface area contributed by atoms with Gasteiger partial charge in [0.1, 0.15) is 5.82 Å². The molecular formula is C16H14N4O2S. The fourth-order valence-corrected chi connectivity index (χ4v) is 2.98. The smallest absolute Gasteiger partial charge is 0.337 e. The zero-order valence-corrected chi connectivity index (χ0v) is 13.4. The van der Waals surface area contributed by atoms with Gasteiger partial charge in [-0.25, -0.2) is 14.8 Å². The maximum absolute atomic E-state index is 11.0. The van der Waals surface area contributed by atoms with Crippen molar-refractivity contribution >= 4 is 28.3 Å². The zero-order valence-electron chi connectivity index (χ0n) is 12.6. The number of aromatic nitrogens is 3. The van der Waals surface area contributed by atoms with Crippen LogP contribution in [0.2, 0.25) is 0 Å². The first-order valence-electron chi connectivity index (χ1n) is 6.88. The Morgan fingerprint density at radius 2 is 2.00 bits per heavy atom. The normalized spacial score (nSPS) is 10.5. The number of nitrogens with zero attached hydrogens (tertiary/aromatic N) is 3. The maximum Gasteiger partial charge on any atom is 0.337 e. The number of hydrogen-bond acceptors (Lipinski definition) is 6. The highest BCUT2D eigenvalue weighted by Crippen LogP contribution is 2.30. The highest BCUT2D eigenvalue weighted by atomic mass is 32.1. The van der Waals surface area contributed by atoms with Crippen LogP contribution in [-0.4, -0.2) is 26.0 Å². The van der Waals surface area contributed by atoms with Crippen molar-refractivity contribution in [3.8, 4) is 10.4 Å². The average Bonchev–Trinajstić information content (AvgIpc) is 2.95. The van der Waals surface area contributed by atoms with Crippen molar-refractivity contribution in [2.24, 2.45) is 0 Å². The van der Waals surface area contributed by atoms with E-state index >= 15 is 0 Å². The van der Waals surface area contributed by atoms with Crippen LogP contribution >= 0.6 is 11.3 Å². The van der Waals surface area contributed by atoms with E-state index in [1.165, 1.54) is 17.5 Å². The van der Waals surface area contributed by atoms with Gasteiger partial charge in [-0.2, -0.15) is 0 Å². The minimum absolute atomic E-state index is 0.154. The topological polar surface area (TPSA) is 88.0 Å². The number of aromatic carboxylic acids is 1. The first-order valence-corrected chi connectivity index (χ1v) is 7.70. The molecule has 0 amide bonds. The molecule has 3 aromatic rings. The van der Waals surface area contributed by atoms with Gasteiger partial charge in [0.2, 0.25) is 0 Å². The lowest BCUT2D eigenvalue weighted by molar-refractivity contribution is 0.0696. The van der Waals surface area contributed by atoms with Crippen molar-refractivity contribution in [2.75, 3.05) is 5.32 Å². The SMILES string of the molecule is Cc1cc(C)nc(Nc2ncc(-c3cncc(C(=O)O)c3)s2)c1. The summed E-state index contributed by atoms with van der Waals surface area (Å²) in [5.41, 5.74) is 2.93. The van der Waals surface area contributed by atoms with Crippen molar-refractivity contribution in [3.05, 3.63) is 53.6 Å². The third kappa shape index (κ3) is 3.51. The van der Waals surface area contributed by atoms with Crippen LogP contribution in [0, 0.1) is 13.8 Å². The lowest BCUT2D eigenvalue weighted by Crippen LogP contribution is -1.96. The molecule has 0 radical (unpaired) electrons. The molecule has 0 saturated heterocycles. The Hall–Kier alpha value is -2.80. The van der Waals surface area contributed by atoms with Crippen LogP contribution in [0.4, 0.5) is 10.9 Å². The number of carboxylic acids is 1. The van der Waals surface area contributed by atoms with Crippen LogP contribution in [0.15, 0.2) is 36.8 Å². The van der Waals surface area contributed by atoms with E-state index < -0.39 is 5.97 Å². The predicted octanol–water partition coefficient (Wildman–Crippen LogP) is 3.66. The molecule has 0 spiro atoms. The van der Waals surface area contributed by atoms with Gasteiger partial charge in [-0.15, -0.1) is 0 Å². The molecule has 7 heteroatoms. The summed E-state index contributed by atoms with van der Waals surface area (Å²) in [6.07, 6.45) is 4.64. The Morgan fingerprint density at radius 1 is 1.17 bits per heavy atom. The number of rotatable bonds is 4. The van der Waals surface area contributed by atoms with Gasteiger partial charge in [0.15, 0.2) is 5.13 Å². The fourth-order valence-electron chi connectivity index (χ4n) is 2.17. The molecule has 3 heterocycles. The molecule has 116 valence electrons. The van der Waals surface area contributed by atoms with E-state index in [1.807, 2.05) is 26.0 Å². The van der Waals surface area contributed by atoms with Crippen LogP contribution in [-0.2, 0) is 0 Å². The fraction of sp³-hybridized carbons (Fsp3) is 0.125. The average molecular weight is 326 g/mol. The molecule has 0 aromatic carbocycles. The number of anilines is 2. The first-order chi connectivity index (χ1) is 11.0. The highest BCUT2D eigenvalue weighted by Gasteiger charge is 2.09. The number of carboxylic acid groups (broad SMARTS) is 1. The molecular weight excluding hydrogens is 312 g/mol. The molecule has 0 unspecified atom stereocenters. The molecule has 0 aliphatic carbocycles. The summed E-state index contributed by atoms with van der Waals surface area (Å²) < 4.78 is 0. The van der Waals surface area contributed by atoms with E-state index in [9.17, 15) is 4.79 Å². The Morgan fingerprint density at radius 3 is 2.74 bits per heavy atom. The summed E-state index contributed by atoms with van der Waals surface area (Å²) in [7, 11) is 0. The summed E-state index contributed by atoms with van der Waals surface area (Å²) in [4.78, 5) is 24.6. The van der Waals surface area contributed by atoms with Gasteiger partial charge in [-0.1, -0.05) is 11.3 Å². The number of hydrogen-bond donors (Lipinski definition) is 2. The molecule has 0 aliphatic heterocycles. The number of pyridine rings is 2. The molecule has 0 aliphatic rings. The quantitative estimate of drug-likeness (QED) is 0.760. The van der Waals surface area contributed by atoms with E-state index in [1.54, 1.807) is 18.5 Å². The Bertz CT molecular complexity index is 856. The molecule has 6 nitrogen and oxygen atoms in total. The highest BCUT2D eigenvalue weighted by molar-refractivity contribution is 7.18. The third-order valence-electron chi connectivity index (χ3n) is 3.11. The van der Waals surface area contributed by atoms with Crippen molar-refractivity contribution in [3.63, 3.8) is 0 Å². The number of thiazole rings is 1. The van der Waals surface area contributed by atoms with Crippen LogP contribution in [0.25, 0.3) is 10.4 Å². The van der Waals surface area contributed by atoms with E-state index in [0.29, 0.717) is 5.13 Å². The summed E-state index contributed by atoms with van der Waals surface area (Å²) in [6, 6.07) is 5.53. The van der Waals surface area contributed by atoms with Gasteiger partial charge in [0.25, 0.3) is 0 Å². The lowest BCUT2D eigenvalue weighted by atomic mass is 10.2. The van der Waals surface area contributed by atoms with Crippen molar-refractivity contribution in [2.45, 2.75) is 13.8 Å². The number of aryl methyl sites for hydroxylation is 2. The van der Waals surface area contributed by atoms with E-state index in [4.69, 9.17) is 5.11 Å². The Kier molecular flexibility index (Phi) is 4.03. The molecule has 0 fully saturated rings. The number of carbonyl (C=O) groups is 1. The lowest BCUT2D eigenvalue weighted by Gasteiger charge is -2.04. The monoisotopic (exact) mass is 326 g/mol. The van der Waals surface area contributed by atoms with Gasteiger partial charge in [-0.05, 0) is 37.6 Å². The molecule has 0 saturated carbocycles. The molecule has 2 N–H and O–H groups in total. The number of nitrogens with one attached hydrogen (secondary N) is 1. The van der Waals surface area contributed by atoms with E-state index in [0.717, 1.165) is 27.5 Å². The van der Waals surface area contributed by atoms with Gasteiger partial charge in [0, 0.05) is 29.8 Å². The van der Waals surface area contributed by atoms with Crippen LogP contribution < -0.4 is 5.32 Å². The Balaban J connectivity index is 1.85. The minimum atomic E-state index is -0.998. The van der Waals surface area contributed by atoms with E-state index in [2.05, 4.69) is 20.3 Å². The van der Waals surface area contributed by atoms with Gasteiger partial charge < -0.3 is 10.4 Å². The summed E-state index contributed by atoms with van der Waals surface area (Å²) >= 11 is 1.42. The summed E-state index contributed by atoms with van der Waals surface area (Å²) in [5.74, 6) is -0.262. The van der Waals surface area contributed by atoms with Gasteiger partial charge >= 0.3 is 5.97 Å². The van der Waals surface area contributed by atoms with Gasteiger partial charge in [0.05, 0.1) is 10.4 Å². The van der Waals surface area contributed by atoms with E-state index in [-0.39, 0.29) is 5.56 Å². The maximum atomic E-state index is 11.0. The summed E-state index contributed by atoms with van der Waals surface area (Å²) in [6.45, 7) is 3.95. The first kappa shape index (κ1) is 15.1. The molecule has 0 atom stereocenters. The molecule has 0 bridgehead atoms. The van der Waals surface area contributed by atoms with Crippen LogP contribution in [0.5, 0.6) is 0 Å². The standard InChI is InChI=1S/C16H14N4O2S/c1-9-3-10(2)19-14(4-9)20-16-18-8-13(23-16)11-5-12(15(21)22)7-17-6-11/h3-8H,1-2H3,(H,21,22)(H,18,19,20). The van der Waals surface area contributed by atoms with Crippen LogP contribution in [0.1, 0.15) is 21.6 Å². The van der Waals surface area contributed by atoms with Crippen molar-refractivity contribution in [1.29, 1.82) is 0 Å². The molecule has 3 aromatic heterocycles. The molecule has 3 rings (SSSR count). The second kappa shape index (κ2) is 6.13. The second-order valence-corrected chi connectivity index (χ2v) is 6.12. The van der Waals surface area contributed by atoms with Gasteiger partial charge in [-0.3, -0.25) is 4.98 Å². The van der Waals surface area contributed by atoms with Crippen molar-refractivity contribution < 1.29 is 9.90 Å². The van der Waals surface area contributed by atoms with Crippen LogP contribution in [0.3, 0.4) is 0 Å². The zero-order chi connectivity index (χ0) is 16.4. The third-order valence-corrected chi connectivity index (χ3v) is 4.07. The second-order valence-electron chi connectivity index (χ2n) is 5.09. The van der Waals surface area contributed by atoms with Crippen molar-refractivity contribution in [1.82, 2.24) is 15.0 Å². The predicted molar refractivity (Wildman–Crippen MR) is 89.3 cm³/mol. The summed E-state index contributed by atoms with van der Waals surface area (Å²) in [5, 5.41) is 12.9. The Labute approximate surface area is 136 Å². The largest absolute Gasteiger partial charge is 0.478 e.